The maximum Gasteiger partial charge on any atom is 0.144 e. The normalized spacial score (nSPS) is 23.6. The molecule has 1 saturated carbocycles. The summed E-state index contributed by atoms with van der Waals surface area (Å²) in [4.78, 5) is 0. The zero-order chi connectivity index (χ0) is 13.8. The van der Waals surface area contributed by atoms with E-state index in [1.807, 2.05) is 11.8 Å². The van der Waals surface area contributed by atoms with Crippen molar-refractivity contribution in [2.24, 2.45) is 0 Å². The van der Waals surface area contributed by atoms with E-state index in [1.54, 1.807) is 0 Å². The first-order chi connectivity index (χ1) is 9.13. The number of hydrogen-bond donors (Lipinski definition) is 1. The summed E-state index contributed by atoms with van der Waals surface area (Å²) in [6.07, 6.45) is 6.82. The molecule has 0 aromatic heterocycles. The molecule has 19 heavy (non-hydrogen) atoms. The molecule has 1 aliphatic carbocycles. The van der Waals surface area contributed by atoms with Gasteiger partial charge in [-0.2, -0.15) is 11.8 Å². The summed E-state index contributed by atoms with van der Waals surface area (Å²) in [6.45, 7) is 0.249. The van der Waals surface area contributed by atoms with E-state index in [1.165, 1.54) is 31.4 Å². The third kappa shape index (κ3) is 3.70. The van der Waals surface area contributed by atoms with Crippen molar-refractivity contribution in [1.29, 1.82) is 0 Å². The predicted molar refractivity (Wildman–Crippen MR) is 80.5 cm³/mol. The Kier molecular flexibility index (Phi) is 5.66. The zero-order valence-electron chi connectivity index (χ0n) is 10.9. The van der Waals surface area contributed by atoms with E-state index in [9.17, 15) is 8.78 Å². The lowest BCUT2D eigenvalue weighted by Crippen LogP contribution is -2.40. The molecule has 0 amide bonds. The van der Waals surface area contributed by atoms with Gasteiger partial charge in [0.1, 0.15) is 11.6 Å². The Labute approximate surface area is 125 Å². The van der Waals surface area contributed by atoms with Crippen molar-refractivity contribution >= 4 is 27.7 Å². The molecule has 1 fully saturated rings. The Morgan fingerprint density at radius 1 is 1.32 bits per heavy atom. The van der Waals surface area contributed by atoms with Gasteiger partial charge >= 0.3 is 0 Å². The van der Waals surface area contributed by atoms with Crippen LogP contribution >= 0.6 is 27.7 Å². The highest BCUT2D eigenvalue weighted by atomic mass is 79.9. The Morgan fingerprint density at radius 2 is 2.05 bits per heavy atom. The fourth-order valence-electron chi connectivity index (χ4n) is 2.58. The second-order valence-corrected chi connectivity index (χ2v) is 6.80. The van der Waals surface area contributed by atoms with E-state index >= 15 is 0 Å². The standard InChI is InChI=1S/C14H18BrF2NS/c1-19-13-5-3-2-4-12(13)18-8-9-11(16)7-6-10(15)14(9)17/h6-7,12-13,18H,2-5,8H2,1H3. The van der Waals surface area contributed by atoms with Gasteiger partial charge in [-0.3, -0.25) is 0 Å². The molecular formula is C14H18BrF2NS. The van der Waals surface area contributed by atoms with Gasteiger partial charge in [0.05, 0.1) is 4.47 Å². The third-order valence-corrected chi connectivity index (χ3v) is 5.47. The molecule has 5 heteroatoms. The van der Waals surface area contributed by atoms with E-state index in [0.29, 0.717) is 15.8 Å². The maximum atomic E-state index is 13.9. The van der Waals surface area contributed by atoms with Crippen molar-refractivity contribution in [3.63, 3.8) is 0 Å². The molecule has 106 valence electrons. The molecule has 1 nitrogen and oxygen atoms in total. The van der Waals surface area contributed by atoms with Crippen LogP contribution in [-0.4, -0.2) is 17.5 Å². The van der Waals surface area contributed by atoms with Crippen LogP contribution in [0.5, 0.6) is 0 Å². The molecule has 0 heterocycles. The van der Waals surface area contributed by atoms with Gasteiger partial charge in [0.15, 0.2) is 0 Å². The average Bonchev–Trinajstić information content (AvgIpc) is 2.43. The number of halogens is 3. The molecule has 2 rings (SSSR count). The number of benzene rings is 1. The first-order valence-electron chi connectivity index (χ1n) is 6.52. The largest absolute Gasteiger partial charge is 0.309 e. The minimum Gasteiger partial charge on any atom is -0.309 e. The van der Waals surface area contributed by atoms with Crippen LogP contribution in [0.1, 0.15) is 31.2 Å². The van der Waals surface area contributed by atoms with Crippen LogP contribution < -0.4 is 5.32 Å². The van der Waals surface area contributed by atoms with Crippen molar-refractivity contribution in [2.45, 2.75) is 43.5 Å². The molecule has 0 aliphatic heterocycles. The number of rotatable bonds is 4. The van der Waals surface area contributed by atoms with Gasteiger partial charge in [0, 0.05) is 23.4 Å². The smallest absolute Gasteiger partial charge is 0.144 e. The zero-order valence-corrected chi connectivity index (χ0v) is 13.3. The first-order valence-corrected chi connectivity index (χ1v) is 8.60. The van der Waals surface area contributed by atoms with Gasteiger partial charge in [-0.25, -0.2) is 8.78 Å². The highest BCUT2D eigenvalue weighted by Crippen LogP contribution is 2.28. The van der Waals surface area contributed by atoms with Gasteiger partial charge in [-0.15, -0.1) is 0 Å². The summed E-state index contributed by atoms with van der Waals surface area (Å²) in [7, 11) is 0. The summed E-state index contributed by atoms with van der Waals surface area (Å²) in [6, 6.07) is 3.05. The van der Waals surface area contributed by atoms with Crippen molar-refractivity contribution in [3.8, 4) is 0 Å². The van der Waals surface area contributed by atoms with E-state index < -0.39 is 11.6 Å². The lowest BCUT2D eigenvalue weighted by Gasteiger charge is -2.31. The molecule has 0 spiro atoms. The summed E-state index contributed by atoms with van der Waals surface area (Å²) in [5.74, 6) is -0.978. The van der Waals surface area contributed by atoms with Gasteiger partial charge in [0.25, 0.3) is 0 Å². The average molecular weight is 350 g/mol. The van der Waals surface area contributed by atoms with Crippen molar-refractivity contribution in [1.82, 2.24) is 5.32 Å². The summed E-state index contributed by atoms with van der Waals surface area (Å²) < 4.78 is 27.8. The maximum absolute atomic E-state index is 13.9. The minimum atomic E-state index is -0.496. The number of nitrogens with one attached hydrogen (secondary N) is 1. The third-order valence-electron chi connectivity index (χ3n) is 3.69. The van der Waals surface area contributed by atoms with Crippen molar-refractivity contribution in [3.05, 3.63) is 33.8 Å². The van der Waals surface area contributed by atoms with Crippen LogP contribution in [0.25, 0.3) is 0 Å². The second-order valence-electron chi connectivity index (χ2n) is 4.87. The number of thioether (sulfide) groups is 1. The Morgan fingerprint density at radius 3 is 2.79 bits per heavy atom. The fraction of sp³-hybridized carbons (Fsp3) is 0.571. The van der Waals surface area contributed by atoms with Gasteiger partial charge in [-0.05, 0) is 47.2 Å². The Balaban J connectivity index is 2.04. The molecule has 2 unspecified atom stereocenters. The SMILES string of the molecule is CSC1CCCCC1NCc1c(F)ccc(Br)c1F. The molecule has 0 saturated heterocycles. The van der Waals surface area contributed by atoms with Crippen LogP contribution in [0.4, 0.5) is 8.78 Å². The van der Waals surface area contributed by atoms with E-state index in [2.05, 4.69) is 27.5 Å². The molecule has 1 aromatic carbocycles. The molecular weight excluding hydrogens is 332 g/mol. The first kappa shape index (κ1) is 15.3. The monoisotopic (exact) mass is 349 g/mol. The Bertz CT molecular complexity index is 442. The molecule has 1 N–H and O–H groups in total. The van der Waals surface area contributed by atoms with Crippen molar-refractivity contribution < 1.29 is 8.78 Å². The highest BCUT2D eigenvalue weighted by Gasteiger charge is 2.24. The van der Waals surface area contributed by atoms with Crippen LogP contribution in [0.3, 0.4) is 0 Å². The summed E-state index contributed by atoms with van der Waals surface area (Å²) >= 11 is 4.94. The molecule has 1 aromatic rings. The lowest BCUT2D eigenvalue weighted by atomic mass is 9.94. The highest BCUT2D eigenvalue weighted by molar-refractivity contribution is 9.10. The Hall–Kier alpha value is -0.130. The van der Waals surface area contributed by atoms with Crippen LogP contribution in [0.2, 0.25) is 0 Å². The topological polar surface area (TPSA) is 12.0 Å². The van der Waals surface area contributed by atoms with Gasteiger partial charge < -0.3 is 5.32 Å². The van der Waals surface area contributed by atoms with Gasteiger partial charge in [0.2, 0.25) is 0 Å². The van der Waals surface area contributed by atoms with E-state index in [0.717, 1.165) is 6.42 Å². The van der Waals surface area contributed by atoms with Crippen molar-refractivity contribution in [2.75, 3.05) is 6.26 Å². The van der Waals surface area contributed by atoms with E-state index in [-0.39, 0.29) is 12.1 Å². The van der Waals surface area contributed by atoms with Gasteiger partial charge in [-0.1, -0.05) is 12.8 Å². The summed E-state index contributed by atoms with van der Waals surface area (Å²) in [5.41, 5.74) is 0.125. The van der Waals surface area contributed by atoms with Crippen LogP contribution in [0.15, 0.2) is 16.6 Å². The molecule has 1 aliphatic rings. The predicted octanol–water partition coefficient (Wildman–Crippen LogP) is 4.49. The molecule has 0 bridgehead atoms. The second kappa shape index (κ2) is 7.04. The number of hydrogen-bond acceptors (Lipinski definition) is 2. The molecule has 2 atom stereocenters. The summed E-state index contributed by atoms with van der Waals surface area (Å²) in [5, 5.41) is 3.87. The quantitative estimate of drug-likeness (QED) is 0.803. The van der Waals surface area contributed by atoms with Crippen LogP contribution in [-0.2, 0) is 6.54 Å². The minimum absolute atomic E-state index is 0.125. The lowest BCUT2D eigenvalue weighted by molar-refractivity contribution is 0.377. The van der Waals surface area contributed by atoms with Crippen LogP contribution in [0, 0.1) is 11.6 Å². The van der Waals surface area contributed by atoms with E-state index in [4.69, 9.17) is 0 Å². The fourth-order valence-corrected chi connectivity index (χ4v) is 3.91. The molecule has 0 radical (unpaired) electrons.